The van der Waals surface area contributed by atoms with Gasteiger partial charge in [-0.05, 0) is 37.7 Å². The largest absolute Gasteiger partial charge is 1.00 e. The highest BCUT2D eigenvalue weighted by molar-refractivity contribution is 5.90. The van der Waals surface area contributed by atoms with Crippen LogP contribution in [0.5, 0.6) is 11.5 Å². The van der Waals surface area contributed by atoms with Gasteiger partial charge < -0.3 is 26.6 Å². The number of benzene rings is 2. The number of fused-ring (bicyclic) bond motifs is 1. The van der Waals surface area contributed by atoms with Gasteiger partial charge in [0.25, 0.3) is 0 Å². The Kier molecular flexibility index (Phi) is 7.30. The van der Waals surface area contributed by atoms with Crippen LogP contribution in [0.4, 0.5) is 0 Å². The predicted molar refractivity (Wildman–Crippen MR) is 95.1 cm³/mol. The molecule has 2 aromatic carbocycles. The quantitative estimate of drug-likeness (QED) is 0.671. The molecule has 0 spiro atoms. The summed E-state index contributed by atoms with van der Waals surface area (Å²) in [6, 6.07) is 15.3. The van der Waals surface area contributed by atoms with Crippen molar-refractivity contribution in [3.05, 3.63) is 59.7 Å². The molecule has 5 nitrogen and oxygen atoms in total. The van der Waals surface area contributed by atoms with Crippen molar-refractivity contribution in [3.8, 4) is 11.5 Å². The normalized spacial score (nSPS) is 13.7. The van der Waals surface area contributed by atoms with Crippen LogP contribution in [0.3, 0.4) is 0 Å². The molecule has 0 amide bonds. The smallest absolute Gasteiger partial charge is 0.338 e. The van der Waals surface area contributed by atoms with Crippen molar-refractivity contribution in [2.45, 2.75) is 19.6 Å². The SMILES string of the molecule is CC(CN(C)Cc1ccccc1)OC(=O)c1ccc2c(c1)OCCO2.[Cl-]. The third-order valence-electron chi connectivity index (χ3n) is 3.95. The minimum atomic E-state index is -0.349. The lowest BCUT2D eigenvalue weighted by Crippen LogP contribution is -3.00. The maximum Gasteiger partial charge on any atom is 0.338 e. The molecule has 1 unspecified atom stereocenters. The molecule has 2 aromatic rings. The summed E-state index contributed by atoms with van der Waals surface area (Å²) in [5.41, 5.74) is 1.71. The zero-order valence-corrected chi connectivity index (χ0v) is 15.7. The maximum atomic E-state index is 12.3. The number of rotatable bonds is 6. The molecule has 0 saturated heterocycles. The molecule has 0 aromatic heterocycles. The number of hydrogen-bond acceptors (Lipinski definition) is 5. The Bertz CT molecular complexity index is 723. The van der Waals surface area contributed by atoms with Gasteiger partial charge in [0.15, 0.2) is 11.5 Å². The first-order valence-corrected chi connectivity index (χ1v) is 8.45. The lowest BCUT2D eigenvalue weighted by molar-refractivity contribution is -0.0000433. The minimum Gasteiger partial charge on any atom is -1.00 e. The van der Waals surface area contributed by atoms with Gasteiger partial charge in [-0.25, -0.2) is 4.79 Å². The molecule has 1 atom stereocenters. The molecule has 1 heterocycles. The fraction of sp³-hybridized carbons (Fsp3) is 0.350. The van der Waals surface area contributed by atoms with Gasteiger partial charge in [0.05, 0.1) is 5.56 Å². The first kappa shape index (κ1) is 20.1. The third kappa shape index (κ3) is 5.38. The third-order valence-corrected chi connectivity index (χ3v) is 3.95. The zero-order chi connectivity index (χ0) is 17.6. The number of ether oxygens (including phenoxy) is 3. The average Bonchev–Trinajstić information content (AvgIpc) is 2.61. The van der Waals surface area contributed by atoms with E-state index in [9.17, 15) is 4.79 Å². The maximum absolute atomic E-state index is 12.3. The fourth-order valence-electron chi connectivity index (χ4n) is 2.86. The summed E-state index contributed by atoms with van der Waals surface area (Å²) < 4.78 is 16.5. The van der Waals surface area contributed by atoms with Gasteiger partial charge in [0.1, 0.15) is 19.3 Å². The number of nitrogens with zero attached hydrogens (tertiary/aromatic N) is 1. The van der Waals surface area contributed by atoms with Crippen molar-refractivity contribution in [1.82, 2.24) is 4.90 Å². The van der Waals surface area contributed by atoms with Gasteiger partial charge in [-0.15, -0.1) is 0 Å². The predicted octanol–water partition coefficient (Wildman–Crippen LogP) is 0.139. The van der Waals surface area contributed by atoms with Crippen LogP contribution in [-0.2, 0) is 11.3 Å². The lowest BCUT2D eigenvalue weighted by atomic mass is 10.2. The van der Waals surface area contributed by atoms with E-state index in [1.165, 1.54) is 5.56 Å². The topological polar surface area (TPSA) is 48.0 Å². The van der Waals surface area contributed by atoms with Crippen molar-refractivity contribution >= 4 is 5.97 Å². The summed E-state index contributed by atoms with van der Waals surface area (Å²) in [7, 11) is 2.02. The van der Waals surface area contributed by atoms with Crippen LogP contribution in [0.1, 0.15) is 22.8 Å². The van der Waals surface area contributed by atoms with Crippen molar-refractivity contribution in [3.63, 3.8) is 0 Å². The van der Waals surface area contributed by atoms with Crippen molar-refractivity contribution < 1.29 is 31.4 Å². The average molecular weight is 377 g/mol. The van der Waals surface area contributed by atoms with Crippen LogP contribution in [-0.4, -0.2) is 43.8 Å². The summed E-state index contributed by atoms with van der Waals surface area (Å²) in [5.74, 6) is 0.908. The van der Waals surface area contributed by atoms with Crippen molar-refractivity contribution in [1.29, 1.82) is 0 Å². The molecular formula is C20H23ClNO4-. The highest BCUT2D eigenvalue weighted by atomic mass is 35.5. The number of hydrogen-bond donors (Lipinski definition) is 0. The first-order chi connectivity index (χ1) is 12.1. The summed E-state index contributed by atoms with van der Waals surface area (Å²) in [4.78, 5) is 14.5. The van der Waals surface area contributed by atoms with Gasteiger partial charge in [-0.2, -0.15) is 0 Å². The van der Waals surface area contributed by atoms with Crippen LogP contribution in [0.25, 0.3) is 0 Å². The Morgan fingerprint density at radius 1 is 1.12 bits per heavy atom. The molecule has 1 aliphatic rings. The Hall–Kier alpha value is -2.24. The lowest BCUT2D eigenvalue weighted by Gasteiger charge is -2.22. The van der Waals surface area contributed by atoms with E-state index < -0.39 is 0 Å². The molecule has 0 saturated carbocycles. The first-order valence-electron chi connectivity index (χ1n) is 8.45. The molecule has 6 heteroatoms. The van der Waals surface area contributed by atoms with Crippen LogP contribution in [0.15, 0.2) is 48.5 Å². The number of esters is 1. The molecule has 3 rings (SSSR count). The molecule has 0 radical (unpaired) electrons. The van der Waals surface area contributed by atoms with E-state index in [0.717, 1.165) is 6.54 Å². The van der Waals surface area contributed by atoms with E-state index in [0.29, 0.717) is 36.8 Å². The van der Waals surface area contributed by atoms with Crippen LogP contribution >= 0.6 is 0 Å². The second-order valence-electron chi connectivity index (χ2n) is 6.26. The highest BCUT2D eigenvalue weighted by Gasteiger charge is 2.18. The molecule has 0 bridgehead atoms. The Morgan fingerprint density at radius 2 is 1.81 bits per heavy atom. The van der Waals surface area contributed by atoms with E-state index in [1.807, 2.05) is 32.2 Å². The molecule has 26 heavy (non-hydrogen) atoms. The molecule has 1 aliphatic heterocycles. The number of carbonyl (C=O) groups excluding carboxylic acids is 1. The van der Waals surface area contributed by atoms with Gasteiger partial charge in [0, 0.05) is 13.1 Å². The van der Waals surface area contributed by atoms with E-state index >= 15 is 0 Å². The summed E-state index contributed by atoms with van der Waals surface area (Å²) >= 11 is 0. The molecular weight excluding hydrogens is 354 g/mol. The van der Waals surface area contributed by atoms with Gasteiger partial charge in [-0.1, -0.05) is 30.3 Å². The fourth-order valence-corrected chi connectivity index (χ4v) is 2.86. The standard InChI is InChI=1S/C20H23NO4.ClH/c1-15(13-21(2)14-16-6-4-3-5-7-16)25-20(22)17-8-9-18-19(12-17)24-11-10-23-18;/h3-9,12,15H,10-11,13-14H2,1-2H3;1H/p-1. The van der Waals surface area contributed by atoms with Crippen molar-refractivity contribution in [2.75, 3.05) is 26.8 Å². The van der Waals surface area contributed by atoms with Gasteiger partial charge in [0.2, 0.25) is 0 Å². The van der Waals surface area contributed by atoms with Crippen LogP contribution < -0.4 is 21.9 Å². The summed E-state index contributed by atoms with van der Waals surface area (Å²) in [6.45, 7) is 4.39. The van der Waals surface area contributed by atoms with E-state index in [4.69, 9.17) is 14.2 Å². The Balaban J connectivity index is 0.00000243. The van der Waals surface area contributed by atoms with E-state index in [2.05, 4.69) is 17.0 Å². The van der Waals surface area contributed by atoms with E-state index in [-0.39, 0.29) is 24.5 Å². The molecule has 140 valence electrons. The Labute approximate surface area is 160 Å². The second-order valence-corrected chi connectivity index (χ2v) is 6.26. The molecule has 0 N–H and O–H groups in total. The summed E-state index contributed by atoms with van der Waals surface area (Å²) in [6.07, 6.45) is -0.214. The molecule has 0 aliphatic carbocycles. The minimum absolute atomic E-state index is 0. The van der Waals surface area contributed by atoms with Gasteiger partial charge >= 0.3 is 5.97 Å². The van der Waals surface area contributed by atoms with Crippen LogP contribution in [0, 0.1) is 0 Å². The number of likely N-dealkylation sites (N-methyl/N-ethyl adjacent to an activating group) is 1. The van der Waals surface area contributed by atoms with Gasteiger partial charge in [-0.3, -0.25) is 4.90 Å². The molecule has 0 fully saturated rings. The van der Waals surface area contributed by atoms with Crippen LogP contribution in [0.2, 0.25) is 0 Å². The van der Waals surface area contributed by atoms with E-state index in [1.54, 1.807) is 18.2 Å². The summed E-state index contributed by atoms with van der Waals surface area (Å²) in [5, 5.41) is 0. The zero-order valence-electron chi connectivity index (χ0n) is 15.0. The highest BCUT2D eigenvalue weighted by Crippen LogP contribution is 2.31. The second kappa shape index (κ2) is 9.46. The Morgan fingerprint density at radius 3 is 2.54 bits per heavy atom. The van der Waals surface area contributed by atoms with Crippen molar-refractivity contribution in [2.24, 2.45) is 0 Å². The number of carbonyl (C=O) groups is 1. The number of halogens is 1. The monoisotopic (exact) mass is 376 g/mol.